The van der Waals surface area contributed by atoms with Crippen molar-refractivity contribution in [3.63, 3.8) is 0 Å². The van der Waals surface area contributed by atoms with Gasteiger partial charge in [-0.3, -0.25) is 4.79 Å². The largest absolute Gasteiger partial charge is 0.323 e. The van der Waals surface area contributed by atoms with Gasteiger partial charge >= 0.3 is 0 Å². The molecule has 0 unspecified atom stereocenters. The number of anilines is 1. The van der Waals surface area contributed by atoms with Crippen LogP contribution in [0.15, 0.2) is 26.0 Å². The Bertz CT molecular complexity index is 612. The van der Waals surface area contributed by atoms with Crippen LogP contribution in [0.5, 0.6) is 0 Å². The van der Waals surface area contributed by atoms with E-state index in [1.807, 2.05) is 0 Å². The fourth-order valence-corrected chi connectivity index (χ4v) is 3.49. The van der Waals surface area contributed by atoms with Gasteiger partial charge in [0, 0.05) is 15.2 Å². The molecule has 1 aromatic rings. The number of carbonyl (C=O) groups excluding carboxylic acids is 1. The fraction of sp³-hybridized carbons (Fsp3) is 0.200. The Morgan fingerprint density at radius 1 is 1.39 bits per heavy atom. The third-order valence-electron chi connectivity index (χ3n) is 1.95. The molecule has 0 aromatic heterocycles. The Kier molecular flexibility index (Phi) is 4.90. The summed E-state index contributed by atoms with van der Waals surface area (Å²) in [6, 6.07) is 4.51. The number of hydrogen-bond donors (Lipinski definition) is 1. The second-order valence-electron chi connectivity index (χ2n) is 3.42. The summed E-state index contributed by atoms with van der Waals surface area (Å²) in [5.41, 5.74) is 0.391. The van der Waals surface area contributed by atoms with Gasteiger partial charge in [-0.1, -0.05) is 0 Å². The first-order valence-corrected chi connectivity index (χ1v) is 8.09. The summed E-state index contributed by atoms with van der Waals surface area (Å²) in [6.45, 7) is 0. The summed E-state index contributed by atoms with van der Waals surface area (Å²) in [4.78, 5) is 11.4. The van der Waals surface area contributed by atoms with Gasteiger partial charge in [0.15, 0.2) is 9.84 Å². The van der Waals surface area contributed by atoms with Crippen molar-refractivity contribution in [2.75, 3.05) is 11.6 Å². The lowest BCUT2D eigenvalue weighted by Crippen LogP contribution is -2.11. The molecule has 18 heavy (non-hydrogen) atoms. The van der Waals surface area contributed by atoms with E-state index in [4.69, 9.17) is 5.26 Å². The van der Waals surface area contributed by atoms with Crippen molar-refractivity contribution >= 4 is 53.3 Å². The topological polar surface area (TPSA) is 87.0 Å². The summed E-state index contributed by atoms with van der Waals surface area (Å²) < 4.78 is 23.6. The highest BCUT2D eigenvalue weighted by Gasteiger charge is 2.15. The molecule has 0 aliphatic heterocycles. The monoisotopic (exact) mass is 394 g/mol. The molecular formula is C10H8Br2N2O3S. The molecule has 1 N–H and O–H groups in total. The zero-order chi connectivity index (χ0) is 13.9. The van der Waals surface area contributed by atoms with Crippen LogP contribution in [-0.2, 0) is 14.6 Å². The highest BCUT2D eigenvalue weighted by atomic mass is 79.9. The van der Waals surface area contributed by atoms with Crippen molar-refractivity contribution in [2.24, 2.45) is 0 Å². The number of amides is 1. The SMILES string of the molecule is CS(=O)(=O)c1cc(Br)c(NC(=O)CC#N)c(Br)c1. The van der Waals surface area contributed by atoms with Crippen molar-refractivity contribution in [3.05, 3.63) is 21.1 Å². The smallest absolute Gasteiger partial charge is 0.238 e. The zero-order valence-corrected chi connectivity index (χ0v) is 13.2. The first-order chi connectivity index (χ1) is 8.25. The van der Waals surface area contributed by atoms with E-state index in [9.17, 15) is 13.2 Å². The Hall–Kier alpha value is -0.910. The maximum Gasteiger partial charge on any atom is 0.238 e. The summed E-state index contributed by atoms with van der Waals surface area (Å²) in [7, 11) is -3.33. The van der Waals surface area contributed by atoms with Crippen molar-refractivity contribution in [3.8, 4) is 6.07 Å². The lowest BCUT2D eigenvalue weighted by molar-refractivity contribution is -0.115. The molecule has 0 fully saturated rings. The average Bonchev–Trinajstić information content (AvgIpc) is 2.22. The molecule has 1 aromatic carbocycles. The van der Waals surface area contributed by atoms with E-state index >= 15 is 0 Å². The van der Waals surface area contributed by atoms with Crippen LogP contribution in [0, 0.1) is 11.3 Å². The van der Waals surface area contributed by atoms with Crippen LogP contribution in [0.1, 0.15) is 6.42 Å². The normalized spacial score (nSPS) is 10.8. The molecular weight excluding hydrogens is 388 g/mol. The number of hydrogen-bond acceptors (Lipinski definition) is 4. The number of nitrogens with one attached hydrogen (secondary N) is 1. The van der Waals surface area contributed by atoms with E-state index in [2.05, 4.69) is 37.2 Å². The number of halogens is 2. The molecule has 0 atom stereocenters. The number of carbonyl (C=O) groups is 1. The second-order valence-corrected chi connectivity index (χ2v) is 7.14. The molecule has 5 nitrogen and oxygen atoms in total. The van der Waals surface area contributed by atoms with Gasteiger partial charge in [-0.25, -0.2) is 8.42 Å². The van der Waals surface area contributed by atoms with Crippen LogP contribution in [0.25, 0.3) is 0 Å². The first-order valence-electron chi connectivity index (χ1n) is 4.61. The van der Waals surface area contributed by atoms with Gasteiger partial charge < -0.3 is 5.32 Å². The first kappa shape index (κ1) is 15.1. The Labute approximate surface area is 121 Å². The van der Waals surface area contributed by atoms with Crippen LogP contribution in [0.4, 0.5) is 5.69 Å². The third kappa shape index (κ3) is 3.80. The minimum atomic E-state index is -3.33. The standard InChI is InChI=1S/C10H8Br2N2O3S/c1-18(16,17)6-4-7(11)10(8(12)5-6)14-9(15)2-3-13/h4-5H,2H2,1H3,(H,14,15). The Morgan fingerprint density at radius 3 is 2.28 bits per heavy atom. The minimum absolute atomic E-state index is 0.125. The lowest BCUT2D eigenvalue weighted by Gasteiger charge is -2.10. The summed E-state index contributed by atoms with van der Waals surface area (Å²) in [6.07, 6.45) is 0.821. The van der Waals surface area contributed by atoms with E-state index in [1.54, 1.807) is 6.07 Å². The fourth-order valence-electron chi connectivity index (χ4n) is 1.14. The lowest BCUT2D eigenvalue weighted by atomic mass is 10.3. The van der Waals surface area contributed by atoms with Gasteiger partial charge in [0.05, 0.1) is 16.7 Å². The molecule has 0 aliphatic carbocycles. The number of benzene rings is 1. The van der Waals surface area contributed by atoms with Crippen LogP contribution in [0.3, 0.4) is 0 Å². The van der Waals surface area contributed by atoms with Crippen molar-refractivity contribution < 1.29 is 13.2 Å². The molecule has 0 spiro atoms. The number of sulfone groups is 1. The van der Waals surface area contributed by atoms with Gasteiger partial charge in [-0.05, 0) is 44.0 Å². The predicted molar refractivity (Wildman–Crippen MR) is 73.8 cm³/mol. The molecule has 1 amide bonds. The maximum atomic E-state index is 11.4. The summed E-state index contributed by atoms with van der Waals surface area (Å²) >= 11 is 6.36. The summed E-state index contributed by atoms with van der Waals surface area (Å²) in [5.74, 6) is -0.467. The van der Waals surface area contributed by atoms with Gasteiger partial charge in [0.1, 0.15) is 6.42 Å². The molecule has 0 saturated carbocycles. The molecule has 96 valence electrons. The predicted octanol–water partition coefficient (Wildman–Crippen LogP) is 2.47. The van der Waals surface area contributed by atoms with E-state index in [-0.39, 0.29) is 11.3 Å². The van der Waals surface area contributed by atoms with Crippen LogP contribution < -0.4 is 5.32 Å². The van der Waals surface area contributed by atoms with E-state index in [0.29, 0.717) is 14.6 Å². The van der Waals surface area contributed by atoms with E-state index in [1.165, 1.54) is 12.1 Å². The Balaban J connectivity index is 3.18. The van der Waals surface area contributed by atoms with Gasteiger partial charge in [-0.2, -0.15) is 5.26 Å². The van der Waals surface area contributed by atoms with Gasteiger partial charge in [0.2, 0.25) is 5.91 Å². The van der Waals surface area contributed by atoms with E-state index in [0.717, 1.165) is 6.26 Å². The molecule has 8 heteroatoms. The summed E-state index contributed by atoms with van der Waals surface area (Å²) in [5, 5.41) is 10.9. The molecule has 0 radical (unpaired) electrons. The van der Waals surface area contributed by atoms with E-state index < -0.39 is 15.7 Å². The quantitative estimate of drug-likeness (QED) is 0.851. The number of nitrogens with zero attached hydrogens (tertiary/aromatic N) is 1. The molecule has 0 bridgehead atoms. The highest BCUT2D eigenvalue weighted by Crippen LogP contribution is 2.34. The van der Waals surface area contributed by atoms with Crippen molar-refractivity contribution in [1.82, 2.24) is 0 Å². The van der Waals surface area contributed by atoms with Crippen LogP contribution in [0.2, 0.25) is 0 Å². The van der Waals surface area contributed by atoms with Crippen LogP contribution in [-0.4, -0.2) is 20.6 Å². The molecule has 0 saturated heterocycles. The van der Waals surface area contributed by atoms with Crippen molar-refractivity contribution in [1.29, 1.82) is 5.26 Å². The van der Waals surface area contributed by atoms with Crippen molar-refractivity contribution in [2.45, 2.75) is 11.3 Å². The minimum Gasteiger partial charge on any atom is -0.323 e. The van der Waals surface area contributed by atoms with Crippen LogP contribution >= 0.6 is 31.9 Å². The molecule has 1 rings (SSSR count). The molecule has 0 aliphatic rings. The number of rotatable bonds is 3. The Morgan fingerprint density at radius 2 is 1.89 bits per heavy atom. The third-order valence-corrected chi connectivity index (χ3v) is 4.29. The van der Waals surface area contributed by atoms with Gasteiger partial charge in [-0.15, -0.1) is 0 Å². The zero-order valence-electron chi connectivity index (χ0n) is 9.20. The maximum absolute atomic E-state index is 11.4. The molecule has 0 heterocycles. The second kappa shape index (κ2) is 5.82. The highest BCUT2D eigenvalue weighted by molar-refractivity contribution is 9.11. The van der Waals surface area contributed by atoms with Gasteiger partial charge in [0.25, 0.3) is 0 Å². The number of nitriles is 1. The average molecular weight is 396 g/mol.